The smallest absolute Gasteiger partial charge is 0.272 e. The van der Waals surface area contributed by atoms with Crippen LogP contribution in [0.15, 0.2) is 18.2 Å². The molecule has 0 atom stereocenters. The van der Waals surface area contributed by atoms with Crippen LogP contribution >= 0.6 is 0 Å². The average Bonchev–Trinajstić information content (AvgIpc) is 2.46. The van der Waals surface area contributed by atoms with Crippen LogP contribution < -0.4 is 5.32 Å². The van der Waals surface area contributed by atoms with Crippen LogP contribution in [0, 0.1) is 17.0 Å². The maximum Gasteiger partial charge on any atom is 0.272 e. The van der Waals surface area contributed by atoms with Gasteiger partial charge >= 0.3 is 0 Å². The fraction of sp³-hybridized carbons (Fsp3) is 0.600. The third-order valence-electron chi connectivity index (χ3n) is 3.43. The molecule has 0 bridgehead atoms. The van der Waals surface area contributed by atoms with E-state index in [1.165, 1.54) is 0 Å². The van der Waals surface area contributed by atoms with Crippen molar-refractivity contribution < 1.29 is 9.66 Å². The molecule has 21 heavy (non-hydrogen) atoms. The molecule has 0 saturated heterocycles. The van der Waals surface area contributed by atoms with E-state index in [1.807, 2.05) is 6.07 Å². The first kappa shape index (κ1) is 17.4. The summed E-state index contributed by atoms with van der Waals surface area (Å²) in [5.41, 5.74) is 1.77. The summed E-state index contributed by atoms with van der Waals surface area (Å²) in [4.78, 5) is 12.7. The van der Waals surface area contributed by atoms with Gasteiger partial charge in [0, 0.05) is 37.5 Å². The van der Waals surface area contributed by atoms with Crippen molar-refractivity contribution in [3.8, 4) is 0 Å². The van der Waals surface area contributed by atoms with Crippen molar-refractivity contribution in [3.63, 3.8) is 0 Å². The number of hydrogen-bond acceptors (Lipinski definition) is 5. The molecule has 0 aliphatic rings. The molecule has 118 valence electrons. The van der Waals surface area contributed by atoms with Crippen LogP contribution in [0.3, 0.4) is 0 Å². The Balaban J connectivity index is 2.35. The number of nitro benzene ring substituents is 1. The highest BCUT2D eigenvalue weighted by molar-refractivity contribution is 5.53. The van der Waals surface area contributed by atoms with E-state index in [0.717, 1.165) is 44.9 Å². The third-order valence-corrected chi connectivity index (χ3v) is 3.43. The first-order valence-electron chi connectivity index (χ1n) is 7.28. The summed E-state index contributed by atoms with van der Waals surface area (Å²) in [5.74, 6) is 0. The molecule has 0 spiro atoms. The summed E-state index contributed by atoms with van der Waals surface area (Å²) in [5, 5.41) is 14.1. The highest BCUT2D eigenvalue weighted by atomic mass is 16.6. The minimum absolute atomic E-state index is 0.164. The largest absolute Gasteiger partial charge is 0.385 e. The minimum atomic E-state index is -0.353. The molecule has 0 radical (unpaired) electrons. The quantitative estimate of drug-likeness (QED) is 0.408. The Morgan fingerprint density at radius 2 is 2.14 bits per heavy atom. The van der Waals surface area contributed by atoms with Gasteiger partial charge in [-0.15, -0.1) is 0 Å². The number of nitrogens with zero attached hydrogens (tertiary/aromatic N) is 2. The molecular weight excluding hydrogens is 270 g/mol. The molecule has 0 amide bonds. The number of methoxy groups -OCH3 is 1. The number of rotatable bonds is 10. The van der Waals surface area contributed by atoms with Crippen LogP contribution in [-0.4, -0.2) is 49.7 Å². The average molecular weight is 295 g/mol. The van der Waals surface area contributed by atoms with Crippen LogP contribution in [0.2, 0.25) is 0 Å². The van der Waals surface area contributed by atoms with Crippen molar-refractivity contribution in [3.05, 3.63) is 33.9 Å². The standard InChI is InChI=1S/C15H25N3O3/c1-4-17(10-11-21-3)9-5-8-16-14-6-7-15(18(19)20)13(2)12-14/h6-7,12,16H,4-5,8-11H2,1-3H3. The van der Waals surface area contributed by atoms with E-state index < -0.39 is 0 Å². The van der Waals surface area contributed by atoms with Gasteiger partial charge in [0.2, 0.25) is 0 Å². The maximum atomic E-state index is 10.8. The Kier molecular flexibility index (Phi) is 7.71. The number of hydrogen-bond donors (Lipinski definition) is 1. The molecule has 6 nitrogen and oxygen atoms in total. The highest BCUT2D eigenvalue weighted by Crippen LogP contribution is 2.21. The summed E-state index contributed by atoms with van der Waals surface area (Å²) < 4.78 is 5.08. The van der Waals surface area contributed by atoms with Crippen LogP contribution in [0.5, 0.6) is 0 Å². The molecule has 1 aromatic rings. The van der Waals surface area contributed by atoms with Crippen molar-refractivity contribution >= 4 is 11.4 Å². The fourth-order valence-corrected chi connectivity index (χ4v) is 2.15. The summed E-state index contributed by atoms with van der Waals surface area (Å²) in [6.07, 6.45) is 1.02. The zero-order valence-corrected chi connectivity index (χ0v) is 13.1. The van der Waals surface area contributed by atoms with Gasteiger partial charge in [-0.25, -0.2) is 0 Å². The van der Waals surface area contributed by atoms with E-state index in [0.29, 0.717) is 5.56 Å². The third kappa shape index (κ3) is 6.10. The lowest BCUT2D eigenvalue weighted by Crippen LogP contribution is -2.29. The summed E-state index contributed by atoms with van der Waals surface area (Å²) >= 11 is 0. The van der Waals surface area contributed by atoms with E-state index in [4.69, 9.17) is 4.74 Å². The summed E-state index contributed by atoms with van der Waals surface area (Å²) in [7, 11) is 1.71. The van der Waals surface area contributed by atoms with Gasteiger partial charge < -0.3 is 15.0 Å². The van der Waals surface area contributed by atoms with Gasteiger partial charge in [-0.3, -0.25) is 10.1 Å². The predicted octanol–water partition coefficient (Wildman–Crippen LogP) is 2.67. The van der Waals surface area contributed by atoms with Gasteiger partial charge in [-0.05, 0) is 38.6 Å². The zero-order chi connectivity index (χ0) is 15.7. The normalized spacial score (nSPS) is 10.9. The molecule has 1 aromatic carbocycles. The highest BCUT2D eigenvalue weighted by Gasteiger charge is 2.09. The molecule has 0 aliphatic heterocycles. The second kappa shape index (κ2) is 9.31. The van der Waals surface area contributed by atoms with Gasteiger partial charge in [0.15, 0.2) is 0 Å². The van der Waals surface area contributed by atoms with E-state index in [1.54, 1.807) is 26.2 Å². The Hall–Kier alpha value is -1.66. The van der Waals surface area contributed by atoms with Crippen molar-refractivity contribution in [1.82, 2.24) is 4.90 Å². The van der Waals surface area contributed by atoms with Gasteiger partial charge in [0.05, 0.1) is 11.5 Å². The van der Waals surface area contributed by atoms with Crippen molar-refractivity contribution in [2.24, 2.45) is 0 Å². The second-order valence-electron chi connectivity index (χ2n) is 4.97. The predicted molar refractivity (Wildman–Crippen MR) is 84.9 cm³/mol. The van der Waals surface area contributed by atoms with Crippen LogP contribution in [0.1, 0.15) is 18.9 Å². The molecule has 0 heterocycles. The van der Waals surface area contributed by atoms with Crippen molar-refractivity contribution in [2.45, 2.75) is 20.3 Å². The van der Waals surface area contributed by atoms with Crippen LogP contribution in [0.4, 0.5) is 11.4 Å². The molecule has 1 N–H and O–H groups in total. The molecule has 0 aliphatic carbocycles. The lowest BCUT2D eigenvalue weighted by atomic mass is 10.2. The zero-order valence-electron chi connectivity index (χ0n) is 13.1. The van der Waals surface area contributed by atoms with E-state index in [-0.39, 0.29) is 10.6 Å². The molecule has 0 unspecified atom stereocenters. The lowest BCUT2D eigenvalue weighted by molar-refractivity contribution is -0.385. The number of anilines is 1. The van der Waals surface area contributed by atoms with Gasteiger partial charge in [-0.1, -0.05) is 6.92 Å². The molecule has 6 heteroatoms. The Labute approximate surface area is 126 Å². The number of likely N-dealkylation sites (N-methyl/N-ethyl adjacent to an activating group) is 1. The summed E-state index contributed by atoms with van der Waals surface area (Å²) in [6.45, 7) is 8.47. The Bertz CT molecular complexity index is 452. The van der Waals surface area contributed by atoms with Crippen LogP contribution in [0.25, 0.3) is 0 Å². The number of nitro groups is 1. The first-order chi connectivity index (χ1) is 10.1. The molecular formula is C15H25N3O3. The van der Waals surface area contributed by atoms with E-state index >= 15 is 0 Å². The summed E-state index contributed by atoms with van der Waals surface area (Å²) in [6, 6.07) is 5.13. The van der Waals surface area contributed by atoms with Crippen molar-refractivity contribution in [2.75, 3.05) is 45.2 Å². The van der Waals surface area contributed by atoms with Gasteiger partial charge in [-0.2, -0.15) is 0 Å². The van der Waals surface area contributed by atoms with E-state index in [2.05, 4.69) is 17.1 Å². The number of nitrogens with one attached hydrogen (secondary N) is 1. The molecule has 1 rings (SSSR count). The molecule has 0 aromatic heterocycles. The number of ether oxygens (including phenoxy) is 1. The molecule has 0 fully saturated rings. The maximum absolute atomic E-state index is 10.8. The van der Waals surface area contributed by atoms with Crippen molar-refractivity contribution in [1.29, 1.82) is 0 Å². The Morgan fingerprint density at radius 3 is 2.71 bits per heavy atom. The van der Waals surface area contributed by atoms with Gasteiger partial charge in [0.1, 0.15) is 0 Å². The number of aryl methyl sites for hydroxylation is 1. The molecule has 0 saturated carbocycles. The topological polar surface area (TPSA) is 67.6 Å². The van der Waals surface area contributed by atoms with E-state index in [9.17, 15) is 10.1 Å². The second-order valence-corrected chi connectivity index (χ2v) is 4.97. The van der Waals surface area contributed by atoms with Gasteiger partial charge in [0.25, 0.3) is 5.69 Å². The first-order valence-corrected chi connectivity index (χ1v) is 7.28. The fourth-order valence-electron chi connectivity index (χ4n) is 2.15. The number of benzene rings is 1. The monoisotopic (exact) mass is 295 g/mol. The van der Waals surface area contributed by atoms with Crippen LogP contribution in [-0.2, 0) is 4.74 Å². The minimum Gasteiger partial charge on any atom is -0.385 e. The lowest BCUT2D eigenvalue weighted by Gasteiger charge is -2.19. The Morgan fingerprint density at radius 1 is 1.38 bits per heavy atom. The SMILES string of the molecule is CCN(CCCNc1ccc([N+](=O)[O-])c(C)c1)CCOC.